The van der Waals surface area contributed by atoms with E-state index in [1.54, 1.807) is 24.3 Å². The van der Waals surface area contributed by atoms with Crippen LogP contribution in [0, 0.1) is 0 Å². The lowest BCUT2D eigenvalue weighted by atomic mass is 9.74. The number of nitrogens with two attached hydrogens (primary N) is 1. The average molecular weight is 436 g/mol. The highest BCUT2D eigenvalue weighted by molar-refractivity contribution is 8.13. The highest BCUT2D eigenvalue weighted by atomic mass is 32.2. The van der Waals surface area contributed by atoms with Gasteiger partial charge in [-0.2, -0.15) is 0 Å². The number of fused-ring (bicyclic) bond motifs is 1. The molecule has 2 aliphatic rings. The van der Waals surface area contributed by atoms with Crippen LogP contribution in [0.15, 0.2) is 47.6 Å². The van der Waals surface area contributed by atoms with Crippen LogP contribution in [-0.2, 0) is 10.3 Å². The minimum atomic E-state index is -2.66. The molecule has 2 aliphatic heterocycles. The first-order chi connectivity index (χ1) is 14.3. The average Bonchev–Trinajstić information content (AvgIpc) is 2.74. The lowest BCUT2D eigenvalue weighted by Crippen LogP contribution is -2.58. The normalized spacial score (nSPS) is 26.1. The molecule has 2 aromatic rings. The molecule has 1 aromatic carbocycles. The number of anilines is 1. The van der Waals surface area contributed by atoms with E-state index in [1.807, 2.05) is 0 Å². The largest absolute Gasteiger partial charge is 0.379 e. The second-order valence-electron chi connectivity index (χ2n) is 7.18. The summed E-state index contributed by atoms with van der Waals surface area (Å²) in [5.41, 5.74) is 3.63. The Hall–Kier alpha value is -2.59. The smallest absolute Gasteiger partial charge is 0.274 e. The summed E-state index contributed by atoms with van der Waals surface area (Å²) in [5, 5.41) is 2.95. The van der Waals surface area contributed by atoms with Crippen LogP contribution in [0.2, 0.25) is 0 Å². The van der Waals surface area contributed by atoms with Crippen molar-refractivity contribution in [2.75, 3.05) is 24.3 Å². The van der Waals surface area contributed by atoms with Gasteiger partial charge in [-0.1, -0.05) is 23.9 Å². The molecule has 0 aliphatic carbocycles. The highest BCUT2D eigenvalue weighted by Crippen LogP contribution is 2.50. The Bertz CT molecular complexity index is 988. The van der Waals surface area contributed by atoms with E-state index >= 15 is 4.39 Å². The Morgan fingerprint density at radius 3 is 2.87 bits per heavy atom. The number of ether oxygens (including phenoxy) is 1. The topological polar surface area (TPSA) is 89.6 Å². The number of hydrogen-bond acceptors (Lipinski definition) is 6. The Morgan fingerprint density at radius 2 is 2.13 bits per heavy atom. The quantitative estimate of drug-likeness (QED) is 0.764. The molecule has 0 bridgehead atoms. The van der Waals surface area contributed by atoms with E-state index in [2.05, 4.69) is 15.3 Å². The van der Waals surface area contributed by atoms with Crippen molar-refractivity contribution in [3.63, 3.8) is 0 Å². The van der Waals surface area contributed by atoms with E-state index in [9.17, 15) is 13.6 Å². The van der Waals surface area contributed by atoms with E-state index in [0.29, 0.717) is 17.9 Å². The molecule has 0 saturated carbocycles. The van der Waals surface area contributed by atoms with Crippen molar-refractivity contribution in [3.05, 3.63) is 59.4 Å². The minimum Gasteiger partial charge on any atom is -0.379 e. The minimum absolute atomic E-state index is 0.0138. The maximum atomic E-state index is 15.9. The third-order valence-corrected chi connectivity index (χ3v) is 6.30. The fourth-order valence-electron chi connectivity index (χ4n) is 3.65. The standard InChI is InChI=1S/C20H19F3N4O2S/c21-16(22)12-4-5-15(25-9-12)17(28)26-14-3-1-2-13(8-14)20-10-29-7-6-19(20,23)11-30-18(24)27-20/h1-5,8-9,16H,6-7,10-11H2,(H2,24,27)(H,26,28)/t19-,20-/m1/s1. The summed E-state index contributed by atoms with van der Waals surface area (Å²) in [6.07, 6.45) is -1.51. The Morgan fingerprint density at radius 1 is 1.30 bits per heavy atom. The van der Waals surface area contributed by atoms with Crippen LogP contribution in [0.3, 0.4) is 0 Å². The molecule has 10 heteroatoms. The third-order valence-electron chi connectivity index (χ3n) is 5.31. The van der Waals surface area contributed by atoms with Crippen LogP contribution in [0.5, 0.6) is 0 Å². The molecular weight excluding hydrogens is 417 g/mol. The molecule has 2 atom stereocenters. The molecule has 0 radical (unpaired) electrons. The van der Waals surface area contributed by atoms with Gasteiger partial charge in [0.2, 0.25) is 0 Å². The molecule has 158 valence electrons. The van der Waals surface area contributed by atoms with Crippen molar-refractivity contribution < 1.29 is 22.7 Å². The number of nitrogens with one attached hydrogen (secondary N) is 1. The van der Waals surface area contributed by atoms with Gasteiger partial charge in [0, 0.05) is 36.2 Å². The summed E-state index contributed by atoms with van der Waals surface area (Å²) in [6.45, 7) is 0.337. The third kappa shape index (κ3) is 3.65. The van der Waals surface area contributed by atoms with Crippen LogP contribution in [0.4, 0.5) is 18.9 Å². The summed E-state index contributed by atoms with van der Waals surface area (Å²) in [4.78, 5) is 20.7. The number of hydrogen-bond donors (Lipinski definition) is 2. The number of thioether (sulfide) groups is 1. The number of pyridine rings is 1. The lowest BCUT2D eigenvalue weighted by Gasteiger charge is -2.48. The van der Waals surface area contributed by atoms with Gasteiger partial charge in [0.25, 0.3) is 12.3 Å². The summed E-state index contributed by atoms with van der Waals surface area (Å²) < 4.78 is 46.8. The van der Waals surface area contributed by atoms with Gasteiger partial charge >= 0.3 is 0 Å². The molecule has 1 saturated heterocycles. The summed E-state index contributed by atoms with van der Waals surface area (Å²) >= 11 is 1.18. The van der Waals surface area contributed by atoms with Crippen molar-refractivity contribution >= 4 is 28.5 Å². The number of rotatable bonds is 4. The second-order valence-corrected chi connectivity index (χ2v) is 8.17. The fraction of sp³-hybridized carbons (Fsp3) is 0.350. The van der Waals surface area contributed by atoms with Gasteiger partial charge < -0.3 is 15.8 Å². The van der Waals surface area contributed by atoms with E-state index < -0.39 is 23.5 Å². The Labute approximate surface area is 175 Å². The van der Waals surface area contributed by atoms with Crippen molar-refractivity contribution in [2.45, 2.75) is 24.1 Å². The summed E-state index contributed by atoms with van der Waals surface area (Å²) in [5.74, 6) is -0.401. The molecule has 0 spiro atoms. The van der Waals surface area contributed by atoms with Gasteiger partial charge in [0.1, 0.15) is 11.2 Å². The van der Waals surface area contributed by atoms with E-state index in [-0.39, 0.29) is 35.2 Å². The SMILES string of the molecule is NC1=N[C@@]2(c3cccc(NC(=O)c4ccc(C(F)F)cn4)c3)COCC[C@@]2(F)CS1. The molecule has 0 unspecified atom stereocenters. The number of amides is 1. The first-order valence-corrected chi connectivity index (χ1v) is 10.2. The van der Waals surface area contributed by atoms with Crippen LogP contribution in [-0.4, -0.2) is 40.7 Å². The Balaban J connectivity index is 1.62. The first kappa shape index (κ1) is 20.7. The number of benzene rings is 1. The molecule has 1 fully saturated rings. The highest BCUT2D eigenvalue weighted by Gasteiger charge is 2.58. The first-order valence-electron chi connectivity index (χ1n) is 9.24. The lowest BCUT2D eigenvalue weighted by molar-refractivity contribution is -0.0692. The zero-order valence-corrected chi connectivity index (χ0v) is 16.6. The van der Waals surface area contributed by atoms with E-state index in [4.69, 9.17) is 10.5 Å². The molecule has 1 aromatic heterocycles. The van der Waals surface area contributed by atoms with Gasteiger partial charge in [-0.15, -0.1) is 0 Å². The molecule has 30 heavy (non-hydrogen) atoms. The van der Waals surface area contributed by atoms with Crippen LogP contribution in [0.1, 0.15) is 34.5 Å². The molecule has 3 N–H and O–H groups in total. The predicted octanol–water partition coefficient (Wildman–Crippen LogP) is 3.66. The predicted molar refractivity (Wildman–Crippen MR) is 109 cm³/mol. The van der Waals surface area contributed by atoms with Crippen LogP contribution >= 0.6 is 11.8 Å². The van der Waals surface area contributed by atoms with Crippen molar-refractivity contribution in [3.8, 4) is 0 Å². The monoisotopic (exact) mass is 436 g/mol. The van der Waals surface area contributed by atoms with Gasteiger partial charge in [-0.05, 0) is 29.8 Å². The maximum absolute atomic E-state index is 15.9. The number of nitrogens with zero attached hydrogens (tertiary/aromatic N) is 2. The van der Waals surface area contributed by atoms with Gasteiger partial charge in [-0.25, -0.2) is 18.2 Å². The summed E-state index contributed by atoms with van der Waals surface area (Å²) in [7, 11) is 0. The van der Waals surface area contributed by atoms with E-state index in [0.717, 1.165) is 12.3 Å². The summed E-state index contributed by atoms with van der Waals surface area (Å²) in [6, 6.07) is 9.04. The van der Waals surface area contributed by atoms with Crippen LogP contribution in [0.25, 0.3) is 0 Å². The molecule has 6 nitrogen and oxygen atoms in total. The van der Waals surface area contributed by atoms with Gasteiger partial charge in [0.15, 0.2) is 10.8 Å². The number of aliphatic imine (C=N–C) groups is 1. The molecular formula is C20H19F3N4O2S. The zero-order chi connectivity index (χ0) is 21.4. The van der Waals surface area contributed by atoms with Gasteiger partial charge in [-0.3, -0.25) is 9.78 Å². The Kier molecular flexibility index (Phi) is 5.46. The number of amidine groups is 1. The van der Waals surface area contributed by atoms with Crippen molar-refractivity contribution in [1.82, 2.24) is 4.98 Å². The molecule has 1 amide bonds. The van der Waals surface area contributed by atoms with Crippen molar-refractivity contribution in [2.24, 2.45) is 10.7 Å². The zero-order valence-electron chi connectivity index (χ0n) is 15.8. The number of carbonyl (C=O) groups is 1. The fourth-order valence-corrected chi connectivity index (χ4v) is 4.63. The van der Waals surface area contributed by atoms with E-state index in [1.165, 1.54) is 17.8 Å². The molecule has 4 rings (SSSR count). The number of halogens is 3. The number of alkyl halides is 3. The molecule has 3 heterocycles. The number of aromatic nitrogens is 1. The van der Waals surface area contributed by atoms with Crippen LogP contribution < -0.4 is 11.1 Å². The number of carbonyl (C=O) groups excluding carboxylic acids is 1. The second kappa shape index (κ2) is 7.92. The van der Waals surface area contributed by atoms with Crippen molar-refractivity contribution in [1.29, 1.82) is 0 Å². The maximum Gasteiger partial charge on any atom is 0.274 e. The van der Waals surface area contributed by atoms with Gasteiger partial charge in [0.05, 0.1) is 6.61 Å².